The van der Waals surface area contributed by atoms with Crippen molar-refractivity contribution in [2.45, 2.75) is 0 Å². The van der Waals surface area contributed by atoms with E-state index >= 15 is 0 Å². The standard InChI is InChI=1S/C9H4ClNO5S/c10-7(12)4-1-2-5-6(3-4)9(14)11(8(5)13)17(15)16/h1-3H,(H,15,16)/p-1. The van der Waals surface area contributed by atoms with Gasteiger partial charge in [-0.3, -0.25) is 18.6 Å². The minimum absolute atomic E-state index is 0.0186. The average Bonchev–Trinajstić information content (AvgIpc) is 2.51. The molecular weight excluding hydrogens is 270 g/mol. The molecule has 8 heteroatoms. The van der Waals surface area contributed by atoms with Crippen molar-refractivity contribution in [3.63, 3.8) is 0 Å². The second-order valence-corrected chi connectivity index (χ2v) is 4.30. The second-order valence-electron chi connectivity index (χ2n) is 3.16. The molecule has 6 nitrogen and oxygen atoms in total. The molecule has 88 valence electrons. The van der Waals surface area contributed by atoms with Crippen molar-refractivity contribution in [2.24, 2.45) is 0 Å². The maximum Gasteiger partial charge on any atom is 0.272 e. The molecule has 0 spiro atoms. The molecule has 1 unspecified atom stereocenters. The lowest BCUT2D eigenvalue weighted by atomic mass is 10.1. The third kappa shape index (κ3) is 1.78. The van der Waals surface area contributed by atoms with Crippen LogP contribution < -0.4 is 0 Å². The maximum atomic E-state index is 11.6. The molecule has 0 aliphatic carbocycles. The second kappa shape index (κ2) is 4.02. The summed E-state index contributed by atoms with van der Waals surface area (Å²) in [5.74, 6) is -1.93. The van der Waals surface area contributed by atoms with E-state index in [-0.39, 0.29) is 21.0 Å². The number of carbonyl (C=O) groups is 3. The highest BCUT2D eigenvalue weighted by Gasteiger charge is 2.36. The Kier molecular flexibility index (Phi) is 2.82. The minimum Gasteiger partial charge on any atom is -0.755 e. The zero-order valence-electron chi connectivity index (χ0n) is 8.01. The summed E-state index contributed by atoms with van der Waals surface area (Å²) in [6, 6.07) is 3.53. The Balaban J connectivity index is 2.58. The Labute approximate surface area is 103 Å². The maximum absolute atomic E-state index is 11.6. The Morgan fingerprint density at radius 1 is 1.24 bits per heavy atom. The van der Waals surface area contributed by atoms with Gasteiger partial charge in [-0.15, -0.1) is 0 Å². The summed E-state index contributed by atoms with van der Waals surface area (Å²) in [5, 5.41) is -0.797. The van der Waals surface area contributed by atoms with Crippen molar-refractivity contribution in [1.29, 1.82) is 0 Å². The smallest absolute Gasteiger partial charge is 0.272 e. The van der Waals surface area contributed by atoms with Gasteiger partial charge in [-0.05, 0) is 29.8 Å². The molecule has 1 aromatic rings. The van der Waals surface area contributed by atoms with Crippen molar-refractivity contribution >= 4 is 39.9 Å². The summed E-state index contributed by atoms with van der Waals surface area (Å²) < 4.78 is 21.5. The van der Waals surface area contributed by atoms with Gasteiger partial charge in [-0.2, -0.15) is 4.31 Å². The van der Waals surface area contributed by atoms with Gasteiger partial charge in [0.25, 0.3) is 17.1 Å². The van der Waals surface area contributed by atoms with E-state index < -0.39 is 28.3 Å². The Morgan fingerprint density at radius 2 is 1.82 bits per heavy atom. The Morgan fingerprint density at radius 3 is 2.35 bits per heavy atom. The van der Waals surface area contributed by atoms with Crippen LogP contribution in [-0.2, 0) is 11.3 Å². The third-order valence-corrected chi connectivity index (χ3v) is 3.07. The molecule has 1 aliphatic heterocycles. The van der Waals surface area contributed by atoms with E-state index in [0.717, 1.165) is 6.07 Å². The lowest BCUT2D eigenvalue weighted by Gasteiger charge is -2.14. The fourth-order valence-electron chi connectivity index (χ4n) is 1.48. The number of fused-ring (bicyclic) bond motifs is 1. The van der Waals surface area contributed by atoms with Crippen LogP contribution in [0.25, 0.3) is 0 Å². The van der Waals surface area contributed by atoms with Gasteiger partial charge in [0.15, 0.2) is 0 Å². The molecule has 2 rings (SSSR count). The van der Waals surface area contributed by atoms with Gasteiger partial charge in [0.2, 0.25) is 0 Å². The van der Waals surface area contributed by atoms with Crippen LogP contribution in [0.5, 0.6) is 0 Å². The number of imide groups is 1. The summed E-state index contributed by atoms with van der Waals surface area (Å²) >= 11 is 2.24. The molecule has 17 heavy (non-hydrogen) atoms. The van der Waals surface area contributed by atoms with E-state index in [9.17, 15) is 23.1 Å². The van der Waals surface area contributed by atoms with Gasteiger partial charge in [0.05, 0.1) is 22.4 Å². The van der Waals surface area contributed by atoms with Crippen LogP contribution in [0.15, 0.2) is 18.2 Å². The number of nitrogens with zero attached hydrogens (tertiary/aromatic N) is 1. The first-order chi connectivity index (χ1) is 7.93. The number of amides is 2. The first-order valence-electron chi connectivity index (χ1n) is 4.25. The predicted molar refractivity (Wildman–Crippen MR) is 56.0 cm³/mol. The third-order valence-electron chi connectivity index (χ3n) is 2.23. The van der Waals surface area contributed by atoms with Crippen molar-refractivity contribution in [2.75, 3.05) is 0 Å². The zero-order chi connectivity index (χ0) is 12.7. The molecule has 1 heterocycles. The highest BCUT2D eigenvalue weighted by molar-refractivity contribution is 7.78. The molecule has 0 N–H and O–H groups in total. The number of hydrogen-bond donors (Lipinski definition) is 0. The van der Waals surface area contributed by atoms with Crippen molar-refractivity contribution < 1.29 is 23.1 Å². The molecule has 0 aromatic heterocycles. The monoisotopic (exact) mass is 272 g/mol. The van der Waals surface area contributed by atoms with Crippen LogP contribution in [0.1, 0.15) is 31.1 Å². The van der Waals surface area contributed by atoms with Gasteiger partial charge in [0.1, 0.15) is 0 Å². The van der Waals surface area contributed by atoms with E-state index in [0.29, 0.717) is 0 Å². The molecule has 0 fully saturated rings. The normalized spacial score (nSPS) is 16.0. The molecule has 1 aromatic carbocycles. The van der Waals surface area contributed by atoms with Crippen LogP contribution >= 0.6 is 11.6 Å². The van der Waals surface area contributed by atoms with Gasteiger partial charge in [-0.25, -0.2) is 0 Å². The van der Waals surface area contributed by atoms with Crippen LogP contribution in [0.3, 0.4) is 0 Å². The molecule has 0 saturated heterocycles. The quantitative estimate of drug-likeness (QED) is 0.443. The van der Waals surface area contributed by atoms with E-state index in [1.165, 1.54) is 12.1 Å². The summed E-state index contributed by atoms with van der Waals surface area (Å²) in [7, 11) is 0. The SMILES string of the molecule is O=C(Cl)c1ccc2c(c1)C(=O)N(S(=O)[O-])C2=O. The summed E-state index contributed by atoms with van der Waals surface area (Å²) in [6.07, 6.45) is 0. The number of benzene rings is 1. The van der Waals surface area contributed by atoms with Gasteiger partial charge in [-0.1, -0.05) is 0 Å². The van der Waals surface area contributed by atoms with Gasteiger partial charge in [0, 0.05) is 5.56 Å². The number of carbonyl (C=O) groups excluding carboxylic acids is 3. The van der Waals surface area contributed by atoms with Crippen LogP contribution in [-0.4, -0.2) is 30.1 Å². The van der Waals surface area contributed by atoms with E-state index in [2.05, 4.69) is 0 Å². The Hall–Kier alpha value is -1.57. The molecule has 2 amide bonds. The average molecular weight is 273 g/mol. The first kappa shape index (κ1) is 11.9. The largest absolute Gasteiger partial charge is 0.755 e. The van der Waals surface area contributed by atoms with Gasteiger partial charge < -0.3 is 4.55 Å². The topological polar surface area (TPSA) is 94.6 Å². The van der Waals surface area contributed by atoms with E-state index in [1.807, 2.05) is 0 Å². The zero-order valence-corrected chi connectivity index (χ0v) is 9.58. The molecule has 0 bridgehead atoms. The summed E-state index contributed by atoms with van der Waals surface area (Å²) in [6.45, 7) is 0. The predicted octanol–water partition coefficient (Wildman–Crippen LogP) is 0.456. The highest BCUT2D eigenvalue weighted by atomic mass is 35.5. The molecule has 0 radical (unpaired) electrons. The minimum atomic E-state index is -2.98. The fraction of sp³-hybridized carbons (Fsp3) is 0. The molecule has 0 saturated carbocycles. The van der Waals surface area contributed by atoms with Crippen molar-refractivity contribution in [1.82, 2.24) is 4.31 Å². The first-order valence-corrected chi connectivity index (χ1v) is 5.66. The van der Waals surface area contributed by atoms with E-state index in [1.54, 1.807) is 0 Å². The van der Waals surface area contributed by atoms with Crippen LogP contribution in [0.2, 0.25) is 0 Å². The molecule has 1 aliphatic rings. The fourth-order valence-corrected chi connectivity index (χ4v) is 2.06. The number of rotatable bonds is 2. The number of halogens is 1. The molecular formula is C9H3ClNO5S-. The van der Waals surface area contributed by atoms with E-state index in [4.69, 9.17) is 11.6 Å². The Bertz CT molecular complexity index is 585. The van der Waals surface area contributed by atoms with Crippen LogP contribution in [0.4, 0.5) is 0 Å². The lowest BCUT2D eigenvalue weighted by Crippen LogP contribution is -2.31. The van der Waals surface area contributed by atoms with Crippen molar-refractivity contribution in [3.8, 4) is 0 Å². The van der Waals surface area contributed by atoms with Gasteiger partial charge >= 0.3 is 0 Å². The lowest BCUT2D eigenvalue weighted by molar-refractivity contribution is 0.0762. The highest BCUT2D eigenvalue weighted by Crippen LogP contribution is 2.25. The molecule has 1 atom stereocenters. The number of hydrogen-bond acceptors (Lipinski definition) is 5. The van der Waals surface area contributed by atoms with Crippen molar-refractivity contribution in [3.05, 3.63) is 34.9 Å². The summed E-state index contributed by atoms with van der Waals surface area (Å²) in [4.78, 5) is 34.0. The van der Waals surface area contributed by atoms with Crippen LogP contribution in [0, 0.1) is 0 Å². The summed E-state index contributed by atoms with van der Waals surface area (Å²) in [5.41, 5.74) is -0.198.